The molecule has 1 saturated heterocycles. The van der Waals surface area contributed by atoms with Crippen LogP contribution >= 0.6 is 0 Å². The van der Waals surface area contributed by atoms with Crippen molar-refractivity contribution in [1.82, 2.24) is 4.90 Å². The minimum Gasteiger partial charge on any atom is -0.465 e. The van der Waals surface area contributed by atoms with Crippen molar-refractivity contribution in [1.29, 1.82) is 0 Å². The Morgan fingerprint density at radius 3 is 2.42 bits per heavy atom. The third kappa shape index (κ3) is 3.47. The van der Waals surface area contributed by atoms with Gasteiger partial charge in [-0.25, -0.2) is 0 Å². The molecule has 1 atom stereocenters. The summed E-state index contributed by atoms with van der Waals surface area (Å²) in [7, 11) is 0. The van der Waals surface area contributed by atoms with E-state index < -0.39 is 0 Å². The van der Waals surface area contributed by atoms with E-state index in [-0.39, 0.29) is 12.0 Å². The molecule has 1 aromatic rings. The maximum Gasteiger partial charge on any atom is 0.323 e. The molecule has 0 saturated carbocycles. The second-order valence-electron chi connectivity index (χ2n) is 4.79. The summed E-state index contributed by atoms with van der Waals surface area (Å²) >= 11 is 0. The van der Waals surface area contributed by atoms with Crippen molar-refractivity contribution in [2.24, 2.45) is 0 Å². The van der Waals surface area contributed by atoms with E-state index in [9.17, 15) is 4.79 Å². The summed E-state index contributed by atoms with van der Waals surface area (Å²) in [4.78, 5) is 16.3. The number of anilines is 1. The van der Waals surface area contributed by atoms with Crippen LogP contribution in [0.1, 0.15) is 13.8 Å². The largest absolute Gasteiger partial charge is 0.465 e. The van der Waals surface area contributed by atoms with Gasteiger partial charge in [0, 0.05) is 31.9 Å². The summed E-state index contributed by atoms with van der Waals surface area (Å²) in [5.74, 6) is -0.115. The van der Waals surface area contributed by atoms with E-state index in [2.05, 4.69) is 34.1 Å². The molecular formula is C15H22N2O2. The fraction of sp³-hybridized carbons (Fsp3) is 0.533. The number of piperazine rings is 1. The Kier molecular flexibility index (Phi) is 4.80. The van der Waals surface area contributed by atoms with Crippen LogP contribution in [-0.4, -0.2) is 49.7 Å². The van der Waals surface area contributed by atoms with Crippen LogP contribution < -0.4 is 4.90 Å². The van der Waals surface area contributed by atoms with Crippen molar-refractivity contribution in [3.8, 4) is 0 Å². The third-order valence-electron chi connectivity index (χ3n) is 3.61. The summed E-state index contributed by atoms with van der Waals surface area (Å²) < 4.78 is 5.07. The van der Waals surface area contributed by atoms with Crippen LogP contribution in [0, 0.1) is 0 Å². The Hall–Kier alpha value is -1.55. The molecule has 2 rings (SSSR count). The number of hydrogen-bond donors (Lipinski definition) is 0. The van der Waals surface area contributed by atoms with Gasteiger partial charge in [-0.2, -0.15) is 0 Å². The third-order valence-corrected chi connectivity index (χ3v) is 3.61. The molecule has 19 heavy (non-hydrogen) atoms. The quantitative estimate of drug-likeness (QED) is 0.774. The normalized spacial score (nSPS) is 18.1. The molecular weight excluding hydrogens is 240 g/mol. The highest BCUT2D eigenvalue weighted by Gasteiger charge is 2.26. The zero-order valence-corrected chi connectivity index (χ0v) is 11.7. The molecule has 4 nitrogen and oxygen atoms in total. The first-order valence-corrected chi connectivity index (χ1v) is 6.93. The van der Waals surface area contributed by atoms with Gasteiger partial charge in [0.2, 0.25) is 0 Å². The molecule has 104 valence electrons. The van der Waals surface area contributed by atoms with E-state index in [0.717, 1.165) is 26.2 Å². The molecule has 1 fully saturated rings. The van der Waals surface area contributed by atoms with E-state index in [1.807, 2.05) is 19.9 Å². The molecule has 1 aliphatic heterocycles. The van der Waals surface area contributed by atoms with E-state index in [1.165, 1.54) is 5.69 Å². The lowest BCUT2D eigenvalue weighted by Crippen LogP contribution is -2.52. The molecule has 0 aromatic heterocycles. The van der Waals surface area contributed by atoms with Gasteiger partial charge in [0.05, 0.1) is 6.61 Å². The van der Waals surface area contributed by atoms with E-state index in [1.54, 1.807) is 0 Å². The van der Waals surface area contributed by atoms with Crippen LogP contribution in [0.15, 0.2) is 30.3 Å². The van der Waals surface area contributed by atoms with Gasteiger partial charge in [0.15, 0.2) is 0 Å². The molecule has 0 amide bonds. The molecule has 0 bridgehead atoms. The summed E-state index contributed by atoms with van der Waals surface area (Å²) in [5, 5.41) is 0. The van der Waals surface area contributed by atoms with Crippen LogP contribution in [0.3, 0.4) is 0 Å². The first-order valence-electron chi connectivity index (χ1n) is 6.93. The first-order chi connectivity index (χ1) is 9.22. The molecule has 1 unspecified atom stereocenters. The minimum absolute atomic E-state index is 0.115. The van der Waals surface area contributed by atoms with Crippen LogP contribution in [0.5, 0.6) is 0 Å². The number of nitrogens with zero attached hydrogens (tertiary/aromatic N) is 2. The van der Waals surface area contributed by atoms with Gasteiger partial charge in [0.1, 0.15) is 6.04 Å². The smallest absolute Gasteiger partial charge is 0.323 e. The molecule has 0 N–H and O–H groups in total. The molecule has 1 heterocycles. The van der Waals surface area contributed by atoms with Crippen molar-refractivity contribution >= 4 is 11.7 Å². The number of carbonyl (C=O) groups excluding carboxylic acids is 1. The van der Waals surface area contributed by atoms with Crippen molar-refractivity contribution in [3.63, 3.8) is 0 Å². The van der Waals surface area contributed by atoms with E-state index >= 15 is 0 Å². The van der Waals surface area contributed by atoms with Crippen molar-refractivity contribution < 1.29 is 9.53 Å². The van der Waals surface area contributed by atoms with E-state index in [4.69, 9.17) is 4.74 Å². The van der Waals surface area contributed by atoms with Gasteiger partial charge in [-0.3, -0.25) is 9.69 Å². The Morgan fingerprint density at radius 1 is 1.21 bits per heavy atom. The Bertz CT molecular complexity index is 400. The average Bonchev–Trinajstić information content (AvgIpc) is 2.48. The maximum absolute atomic E-state index is 11.7. The SMILES string of the molecule is CCOC(=O)C(C)N1CCN(c2ccccc2)CC1. The average molecular weight is 262 g/mol. The minimum atomic E-state index is -0.141. The number of benzene rings is 1. The second-order valence-corrected chi connectivity index (χ2v) is 4.79. The number of hydrogen-bond acceptors (Lipinski definition) is 4. The zero-order valence-electron chi connectivity index (χ0n) is 11.7. The van der Waals surface area contributed by atoms with Gasteiger partial charge >= 0.3 is 5.97 Å². The predicted octanol–water partition coefficient (Wildman–Crippen LogP) is 1.76. The lowest BCUT2D eigenvalue weighted by molar-refractivity contribution is -0.149. The second kappa shape index (κ2) is 6.57. The van der Waals surface area contributed by atoms with Gasteiger partial charge in [-0.1, -0.05) is 18.2 Å². The monoisotopic (exact) mass is 262 g/mol. The van der Waals surface area contributed by atoms with Crippen molar-refractivity contribution in [2.75, 3.05) is 37.7 Å². The number of para-hydroxylation sites is 1. The summed E-state index contributed by atoms with van der Waals surface area (Å²) in [6.07, 6.45) is 0. The predicted molar refractivity (Wildman–Crippen MR) is 76.3 cm³/mol. The highest BCUT2D eigenvalue weighted by molar-refractivity contribution is 5.75. The van der Waals surface area contributed by atoms with Crippen molar-refractivity contribution in [2.45, 2.75) is 19.9 Å². The zero-order chi connectivity index (χ0) is 13.7. The lowest BCUT2D eigenvalue weighted by atomic mass is 10.2. The number of esters is 1. The maximum atomic E-state index is 11.7. The van der Waals surface area contributed by atoms with Gasteiger partial charge in [-0.15, -0.1) is 0 Å². The molecule has 0 spiro atoms. The molecule has 1 aliphatic rings. The number of carbonyl (C=O) groups is 1. The summed E-state index contributed by atoms with van der Waals surface area (Å²) in [6.45, 7) is 7.92. The molecule has 1 aromatic carbocycles. The van der Waals surface area contributed by atoms with Gasteiger partial charge in [0.25, 0.3) is 0 Å². The Labute approximate surface area is 115 Å². The summed E-state index contributed by atoms with van der Waals surface area (Å²) in [6, 6.07) is 10.3. The van der Waals surface area contributed by atoms with Crippen LogP contribution in [-0.2, 0) is 9.53 Å². The van der Waals surface area contributed by atoms with Crippen LogP contribution in [0.25, 0.3) is 0 Å². The molecule has 0 aliphatic carbocycles. The van der Waals surface area contributed by atoms with Gasteiger partial charge < -0.3 is 9.64 Å². The molecule has 4 heteroatoms. The van der Waals surface area contributed by atoms with Crippen LogP contribution in [0.4, 0.5) is 5.69 Å². The standard InChI is InChI=1S/C15H22N2O2/c1-3-19-15(18)13(2)16-9-11-17(12-10-16)14-7-5-4-6-8-14/h4-8,13H,3,9-12H2,1-2H3. The van der Waals surface area contributed by atoms with Crippen molar-refractivity contribution in [3.05, 3.63) is 30.3 Å². The lowest BCUT2D eigenvalue weighted by Gasteiger charge is -2.38. The highest BCUT2D eigenvalue weighted by Crippen LogP contribution is 2.16. The number of ether oxygens (including phenoxy) is 1. The number of rotatable bonds is 4. The Balaban J connectivity index is 1.87. The first kappa shape index (κ1) is 13.9. The highest BCUT2D eigenvalue weighted by atomic mass is 16.5. The van der Waals surface area contributed by atoms with Gasteiger partial charge in [-0.05, 0) is 26.0 Å². The fourth-order valence-electron chi connectivity index (χ4n) is 2.42. The van der Waals surface area contributed by atoms with E-state index in [0.29, 0.717) is 6.61 Å². The Morgan fingerprint density at radius 2 is 1.84 bits per heavy atom. The summed E-state index contributed by atoms with van der Waals surface area (Å²) in [5.41, 5.74) is 1.26. The van der Waals surface area contributed by atoms with Crippen LogP contribution in [0.2, 0.25) is 0 Å². The fourth-order valence-corrected chi connectivity index (χ4v) is 2.42. The topological polar surface area (TPSA) is 32.8 Å². The molecule has 0 radical (unpaired) electrons.